The van der Waals surface area contributed by atoms with Crippen molar-refractivity contribution in [2.24, 2.45) is 5.73 Å². The number of hydrogen-bond donors (Lipinski definition) is 2. The molecule has 1 amide bonds. The molecule has 0 spiro atoms. The number of carbonyl (C=O) groups is 1. The summed E-state index contributed by atoms with van der Waals surface area (Å²) in [7, 11) is 0. The molecule has 4 heteroatoms. The van der Waals surface area contributed by atoms with E-state index in [0.717, 1.165) is 11.1 Å². The second kappa shape index (κ2) is 6.25. The largest absolute Gasteiger partial charge is 0.480 e. The topological polar surface area (TPSA) is 64.3 Å². The smallest absolute Gasteiger partial charge is 0.260 e. The lowest BCUT2D eigenvalue weighted by molar-refractivity contribution is -0.127. The lowest BCUT2D eigenvalue weighted by Gasteiger charge is -2.18. The monoisotopic (exact) mass is 236 g/mol. The Morgan fingerprint density at radius 3 is 2.82 bits per heavy atom. The molecule has 0 bridgehead atoms. The van der Waals surface area contributed by atoms with Gasteiger partial charge in [-0.1, -0.05) is 18.2 Å². The Hall–Kier alpha value is -1.55. The molecular formula is C13H20N2O2. The lowest BCUT2D eigenvalue weighted by Crippen LogP contribution is -2.36. The zero-order valence-electron chi connectivity index (χ0n) is 10.6. The number of nitrogens with one attached hydrogen (secondary N) is 1. The first kappa shape index (κ1) is 13.5. The molecule has 0 aliphatic rings. The fraction of sp³-hybridized carbons (Fsp3) is 0.462. The molecule has 0 radical (unpaired) electrons. The third-order valence-electron chi connectivity index (χ3n) is 2.53. The van der Waals surface area contributed by atoms with Crippen molar-refractivity contribution in [3.63, 3.8) is 0 Å². The Morgan fingerprint density at radius 1 is 1.53 bits per heavy atom. The van der Waals surface area contributed by atoms with E-state index < -0.39 is 6.10 Å². The van der Waals surface area contributed by atoms with Crippen LogP contribution in [0.2, 0.25) is 0 Å². The van der Waals surface area contributed by atoms with Crippen LogP contribution >= 0.6 is 0 Å². The van der Waals surface area contributed by atoms with Gasteiger partial charge in [-0.25, -0.2) is 0 Å². The maximum Gasteiger partial charge on any atom is 0.260 e. The van der Waals surface area contributed by atoms with Crippen LogP contribution in [0, 0.1) is 6.92 Å². The highest BCUT2D eigenvalue weighted by atomic mass is 16.5. The number of nitrogens with two attached hydrogens (primary N) is 1. The Morgan fingerprint density at radius 2 is 2.24 bits per heavy atom. The number of benzene rings is 1. The van der Waals surface area contributed by atoms with E-state index in [4.69, 9.17) is 10.5 Å². The maximum absolute atomic E-state index is 11.6. The molecule has 17 heavy (non-hydrogen) atoms. The van der Waals surface area contributed by atoms with E-state index in [2.05, 4.69) is 5.32 Å². The van der Waals surface area contributed by atoms with Gasteiger partial charge in [-0.15, -0.1) is 0 Å². The molecule has 0 aromatic heterocycles. The van der Waals surface area contributed by atoms with Crippen molar-refractivity contribution in [3.05, 3.63) is 29.3 Å². The molecule has 4 nitrogen and oxygen atoms in total. The first-order chi connectivity index (χ1) is 8.10. The van der Waals surface area contributed by atoms with E-state index in [1.807, 2.05) is 32.0 Å². The lowest BCUT2D eigenvalue weighted by atomic mass is 10.1. The van der Waals surface area contributed by atoms with Gasteiger partial charge in [0.25, 0.3) is 5.91 Å². The molecule has 1 rings (SSSR count). The average molecular weight is 236 g/mol. The minimum absolute atomic E-state index is 0.112. The first-order valence-corrected chi connectivity index (χ1v) is 5.83. The van der Waals surface area contributed by atoms with Crippen LogP contribution in [-0.2, 0) is 11.3 Å². The van der Waals surface area contributed by atoms with E-state index in [1.165, 1.54) is 0 Å². The summed E-state index contributed by atoms with van der Waals surface area (Å²) < 4.78 is 5.69. The van der Waals surface area contributed by atoms with Crippen LogP contribution in [0.4, 0.5) is 0 Å². The number of ether oxygens (including phenoxy) is 1. The molecular weight excluding hydrogens is 216 g/mol. The number of aryl methyl sites for hydroxylation is 1. The summed E-state index contributed by atoms with van der Waals surface area (Å²) in [6, 6.07) is 5.78. The predicted octanol–water partition coefficient (Wildman–Crippen LogP) is 1.36. The Balaban J connectivity index is 2.83. The van der Waals surface area contributed by atoms with Gasteiger partial charge < -0.3 is 15.8 Å². The minimum Gasteiger partial charge on any atom is -0.480 e. The van der Waals surface area contributed by atoms with Crippen molar-refractivity contribution in [1.82, 2.24) is 5.32 Å². The predicted molar refractivity (Wildman–Crippen MR) is 67.8 cm³/mol. The Bertz CT molecular complexity index is 391. The third kappa shape index (κ3) is 3.46. The number of likely N-dealkylation sites (N-methyl/N-ethyl adjacent to an activating group) is 1. The molecule has 0 saturated heterocycles. The maximum atomic E-state index is 11.6. The molecule has 0 fully saturated rings. The van der Waals surface area contributed by atoms with Crippen molar-refractivity contribution >= 4 is 5.91 Å². The summed E-state index contributed by atoms with van der Waals surface area (Å²) in [6.07, 6.45) is -0.513. The van der Waals surface area contributed by atoms with Crippen LogP contribution in [0.25, 0.3) is 0 Å². The zero-order valence-corrected chi connectivity index (χ0v) is 10.6. The van der Waals surface area contributed by atoms with Gasteiger partial charge in [-0.05, 0) is 26.3 Å². The summed E-state index contributed by atoms with van der Waals surface area (Å²) in [5.41, 5.74) is 7.56. The van der Waals surface area contributed by atoms with Crippen LogP contribution in [-0.4, -0.2) is 18.6 Å². The van der Waals surface area contributed by atoms with Crippen molar-refractivity contribution < 1.29 is 9.53 Å². The Labute approximate surface area is 102 Å². The van der Waals surface area contributed by atoms with Gasteiger partial charge in [0.2, 0.25) is 0 Å². The van der Waals surface area contributed by atoms with Gasteiger partial charge in [-0.2, -0.15) is 0 Å². The molecule has 1 aromatic rings. The highest BCUT2D eigenvalue weighted by molar-refractivity contribution is 5.80. The fourth-order valence-electron chi connectivity index (χ4n) is 1.59. The van der Waals surface area contributed by atoms with Crippen LogP contribution in [0.15, 0.2) is 18.2 Å². The van der Waals surface area contributed by atoms with Crippen LogP contribution in [0.3, 0.4) is 0 Å². The quantitative estimate of drug-likeness (QED) is 0.811. The number of hydrogen-bond acceptors (Lipinski definition) is 3. The first-order valence-electron chi connectivity index (χ1n) is 5.83. The highest BCUT2D eigenvalue weighted by Crippen LogP contribution is 2.24. The van der Waals surface area contributed by atoms with Crippen LogP contribution < -0.4 is 15.8 Å². The van der Waals surface area contributed by atoms with Crippen LogP contribution in [0.5, 0.6) is 5.75 Å². The molecule has 94 valence electrons. The Kier molecular flexibility index (Phi) is 4.97. The van der Waals surface area contributed by atoms with E-state index >= 15 is 0 Å². The minimum atomic E-state index is -0.513. The zero-order chi connectivity index (χ0) is 12.8. The van der Waals surface area contributed by atoms with Gasteiger partial charge >= 0.3 is 0 Å². The van der Waals surface area contributed by atoms with E-state index in [9.17, 15) is 4.79 Å². The molecule has 1 atom stereocenters. The van der Waals surface area contributed by atoms with E-state index in [-0.39, 0.29) is 5.91 Å². The third-order valence-corrected chi connectivity index (χ3v) is 2.53. The normalized spacial score (nSPS) is 12.0. The SMILES string of the molecule is CCNC(=O)C(C)Oc1c(C)cccc1CN. The van der Waals surface area contributed by atoms with Gasteiger partial charge in [0.1, 0.15) is 5.75 Å². The van der Waals surface area contributed by atoms with Crippen molar-refractivity contribution in [2.75, 3.05) is 6.54 Å². The van der Waals surface area contributed by atoms with Gasteiger partial charge in [0, 0.05) is 18.7 Å². The number of para-hydroxylation sites is 1. The molecule has 0 aliphatic heterocycles. The van der Waals surface area contributed by atoms with Crippen molar-refractivity contribution in [1.29, 1.82) is 0 Å². The van der Waals surface area contributed by atoms with Crippen LogP contribution in [0.1, 0.15) is 25.0 Å². The average Bonchev–Trinajstić information content (AvgIpc) is 2.31. The number of rotatable bonds is 5. The van der Waals surface area contributed by atoms with Crippen molar-refractivity contribution in [3.8, 4) is 5.75 Å². The summed E-state index contributed by atoms with van der Waals surface area (Å²) in [6.45, 7) is 6.56. The molecule has 1 aromatic carbocycles. The second-order valence-electron chi connectivity index (χ2n) is 3.92. The van der Waals surface area contributed by atoms with Crippen molar-refractivity contribution in [2.45, 2.75) is 33.4 Å². The number of amides is 1. The molecule has 0 aliphatic carbocycles. The molecule has 3 N–H and O–H groups in total. The summed E-state index contributed by atoms with van der Waals surface area (Å²) in [4.78, 5) is 11.6. The van der Waals surface area contributed by atoms with Gasteiger partial charge in [-0.3, -0.25) is 4.79 Å². The number of carbonyl (C=O) groups excluding carboxylic acids is 1. The fourth-order valence-corrected chi connectivity index (χ4v) is 1.59. The summed E-state index contributed by atoms with van der Waals surface area (Å²) >= 11 is 0. The van der Waals surface area contributed by atoms with E-state index in [1.54, 1.807) is 6.92 Å². The molecule has 0 heterocycles. The van der Waals surface area contributed by atoms with E-state index in [0.29, 0.717) is 18.8 Å². The second-order valence-corrected chi connectivity index (χ2v) is 3.92. The highest BCUT2D eigenvalue weighted by Gasteiger charge is 2.16. The summed E-state index contributed by atoms with van der Waals surface area (Å²) in [5.74, 6) is 0.604. The van der Waals surface area contributed by atoms with Gasteiger partial charge in [0.15, 0.2) is 6.10 Å². The van der Waals surface area contributed by atoms with Gasteiger partial charge in [0.05, 0.1) is 0 Å². The summed E-state index contributed by atoms with van der Waals surface area (Å²) in [5, 5.41) is 2.73. The molecule has 1 unspecified atom stereocenters. The standard InChI is InChI=1S/C13H20N2O2/c1-4-15-13(16)10(3)17-12-9(2)6-5-7-11(12)8-14/h5-7,10H,4,8,14H2,1-3H3,(H,15,16). The molecule has 0 saturated carbocycles.